The second kappa shape index (κ2) is 8.28. The van der Waals surface area contributed by atoms with Gasteiger partial charge in [-0.05, 0) is 42.4 Å². The number of rotatable bonds is 6. The molecule has 31 heavy (non-hydrogen) atoms. The van der Waals surface area contributed by atoms with Crippen molar-refractivity contribution in [3.05, 3.63) is 40.4 Å². The van der Waals surface area contributed by atoms with Gasteiger partial charge >= 0.3 is 5.97 Å². The maximum Gasteiger partial charge on any atom is 0.330 e. The minimum Gasteiger partial charge on any atom is -0.454 e. The molecule has 0 aromatic heterocycles. The Labute approximate surface area is 189 Å². The van der Waals surface area contributed by atoms with E-state index in [9.17, 15) is 19.2 Å². The molecule has 3 aliphatic rings. The van der Waals surface area contributed by atoms with Gasteiger partial charge in [-0.3, -0.25) is 19.3 Å². The molecule has 9 heteroatoms. The number of fused-ring (bicyclic) bond motifs is 5. The average Bonchev–Trinajstić information content (AvgIpc) is 3.39. The number of halogens is 2. The summed E-state index contributed by atoms with van der Waals surface area (Å²) in [6, 6.07) is 3.50. The van der Waals surface area contributed by atoms with Gasteiger partial charge in [-0.15, -0.1) is 0 Å². The molecule has 164 valence electrons. The number of hydrogen-bond donors (Lipinski definition) is 1. The van der Waals surface area contributed by atoms with Crippen molar-refractivity contribution in [3.63, 3.8) is 0 Å². The Hall–Kier alpha value is -2.38. The van der Waals surface area contributed by atoms with Crippen LogP contribution in [0.4, 0.5) is 5.69 Å². The van der Waals surface area contributed by atoms with E-state index >= 15 is 0 Å². The minimum absolute atomic E-state index is 0.0530. The summed E-state index contributed by atoms with van der Waals surface area (Å²) in [5.74, 6) is -3.03. The van der Waals surface area contributed by atoms with E-state index in [0.717, 1.165) is 11.3 Å². The number of benzene rings is 1. The summed E-state index contributed by atoms with van der Waals surface area (Å²) in [5, 5.41) is 3.18. The van der Waals surface area contributed by atoms with Gasteiger partial charge in [0.25, 0.3) is 5.91 Å². The van der Waals surface area contributed by atoms with Crippen LogP contribution in [0.3, 0.4) is 0 Å². The van der Waals surface area contributed by atoms with Crippen LogP contribution in [0, 0.1) is 29.6 Å². The topological polar surface area (TPSA) is 92.8 Å². The number of anilines is 1. The van der Waals surface area contributed by atoms with Crippen LogP contribution in [0.15, 0.2) is 30.4 Å². The zero-order chi connectivity index (χ0) is 22.4. The first-order valence-corrected chi connectivity index (χ1v) is 10.9. The maximum absolute atomic E-state index is 13.0. The van der Waals surface area contributed by atoms with Crippen LogP contribution in [0.2, 0.25) is 10.0 Å². The quantitative estimate of drug-likeness (QED) is 0.396. The molecule has 3 amide bonds. The van der Waals surface area contributed by atoms with Gasteiger partial charge in [-0.25, -0.2) is 4.79 Å². The fraction of sp³-hybridized carbons (Fsp3) is 0.455. The van der Waals surface area contributed by atoms with E-state index in [2.05, 4.69) is 5.32 Å². The average molecular weight is 465 g/mol. The van der Waals surface area contributed by atoms with E-state index in [1.807, 2.05) is 12.2 Å². The van der Waals surface area contributed by atoms with E-state index in [4.69, 9.17) is 27.9 Å². The molecule has 1 saturated heterocycles. The summed E-state index contributed by atoms with van der Waals surface area (Å²) in [5.41, 5.74) is 0.400. The highest BCUT2D eigenvalue weighted by Gasteiger charge is 2.61. The lowest BCUT2D eigenvalue weighted by Crippen LogP contribution is -2.50. The summed E-state index contributed by atoms with van der Waals surface area (Å²) in [4.78, 5) is 52.2. The number of likely N-dealkylation sites (tertiary alicyclic amines) is 1. The smallest absolute Gasteiger partial charge is 0.330 e. The molecule has 2 bridgehead atoms. The van der Waals surface area contributed by atoms with Crippen molar-refractivity contribution >= 4 is 52.6 Å². The van der Waals surface area contributed by atoms with Crippen LogP contribution in [-0.2, 0) is 23.9 Å². The number of nitrogens with zero attached hydrogens (tertiary/aromatic N) is 1. The molecule has 2 aliphatic carbocycles. The Bertz CT molecular complexity index is 962. The van der Waals surface area contributed by atoms with Crippen LogP contribution < -0.4 is 5.32 Å². The largest absolute Gasteiger partial charge is 0.454 e. The Balaban J connectivity index is 1.41. The highest BCUT2D eigenvalue weighted by molar-refractivity contribution is 6.42. The lowest BCUT2D eigenvalue weighted by molar-refractivity contribution is -0.162. The second-order valence-corrected chi connectivity index (χ2v) is 9.33. The lowest BCUT2D eigenvalue weighted by atomic mass is 9.85. The first-order valence-electron chi connectivity index (χ1n) is 10.2. The number of esters is 1. The summed E-state index contributed by atoms with van der Waals surface area (Å²) < 4.78 is 5.18. The van der Waals surface area contributed by atoms with E-state index in [-0.39, 0.29) is 34.6 Å². The lowest BCUT2D eigenvalue weighted by Gasteiger charge is -2.28. The number of carbonyl (C=O) groups is 4. The number of hydrogen-bond acceptors (Lipinski definition) is 5. The summed E-state index contributed by atoms with van der Waals surface area (Å²) in [6.45, 7) is 2.92. The molecule has 1 heterocycles. The van der Waals surface area contributed by atoms with Gasteiger partial charge in [-0.2, -0.15) is 0 Å². The zero-order valence-corrected chi connectivity index (χ0v) is 18.5. The van der Waals surface area contributed by atoms with E-state index in [0.29, 0.717) is 10.7 Å². The molecule has 0 spiro atoms. The van der Waals surface area contributed by atoms with Crippen LogP contribution >= 0.6 is 23.2 Å². The van der Waals surface area contributed by atoms with E-state index in [1.54, 1.807) is 19.9 Å². The van der Waals surface area contributed by atoms with Crippen LogP contribution in [-0.4, -0.2) is 41.2 Å². The molecular formula is C22H22Cl2N2O5. The normalized spacial score (nSPS) is 27.1. The number of allylic oxidation sites excluding steroid dienone is 2. The highest BCUT2D eigenvalue weighted by Crippen LogP contribution is 2.53. The summed E-state index contributed by atoms with van der Waals surface area (Å²) in [6.07, 6.45) is 4.81. The van der Waals surface area contributed by atoms with Crippen LogP contribution in [0.1, 0.15) is 20.3 Å². The third-order valence-electron chi connectivity index (χ3n) is 6.20. The van der Waals surface area contributed by atoms with Crippen molar-refractivity contribution in [1.82, 2.24) is 4.90 Å². The molecule has 2 fully saturated rings. The molecule has 1 aliphatic heterocycles. The highest BCUT2D eigenvalue weighted by atomic mass is 35.5. The monoisotopic (exact) mass is 464 g/mol. The van der Waals surface area contributed by atoms with Gasteiger partial charge in [0.15, 0.2) is 6.61 Å². The molecule has 1 aromatic rings. The van der Waals surface area contributed by atoms with Crippen molar-refractivity contribution < 1.29 is 23.9 Å². The van der Waals surface area contributed by atoms with Crippen molar-refractivity contribution in [1.29, 1.82) is 0 Å². The molecule has 1 N–H and O–H groups in total. The minimum atomic E-state index is -1.07. The molecule has 0 radical (unpaired) electrons. The van der Waals surface area contributed by atoms with Gasteiger partial charge < -0.3 is 10.1 Å². The number of amides is 3. The zero-order valence-electron chi connectivity index (χ0n) is 17.0. The van der Waals surface area contributed by atoms with Crippen LogP contribution in [0.25, 0.3) is 0 Å². The molecule has 4 rings (SSSR count). The Morgan fingerprint density at radius 1 is 1.10 bits per heavy atom. The van der Waals surface area contributed by atoms with Crippen molar-refractivity contribution in [3.8, 4) is 0 Å². The molecule has 5 atom stereocenters. The van der Waals surface area contributed by atoms with Gasteiger partial charge in [0.05, 0.1) is 21.9 Å². The molecule has 7 nitrogen and oxygen atoms in total. The molecule has 1 aromatic carbocycles. The van der Waals surface area contributed by atoms with Gasteiger partial charge in [0.1, 0.15) is 6.04 Å². The maximum atomic E-state index is 13.0. The third kappa shape index (κ3) is 3.85. The Morgan fingerprint density at radius 3 is 2.26 bits per heavy atom. The standard InChI is InChI=1S/C22H22Cl2N2O5/c1-10(2)19(26-20(28)17-11-3-4-12(7-11)18(17)21(26)29)22(30)31-9-16(27)25-13-5-6-14(23)15(24)8-13/h3-6,8,10-12,17-19H,7,9H2,1-2H3,(H,25,27)/t11-,12-,17-,18+,19+/m0/s1. The predicted molar refractivity (Wildman–Crippen MR) is 114 cm³/mol. The van der Waals surface area contributed by atoms with Gasteiger partial charge in [0, 0.05) is 5.69 Å². The fourth-order valence-corrected chi connectivity index (χ4v) is 5.17. The summed E-state index contributed by atoms with van der Waals surface area (Å²) >= 11 is 11.8. The molecule has 0 unspecified atom stereocenters. The van der Waals surface area contributed by atoms with E-state index < -0.39 is 36.4 Å². The summed E-state index contributed by atoms with van der Waals surface area (Å²) in [7, 11) is 0. The number of carbonyl (C=O) groups excluding carboxylic acids is 4. The predicted octanol–water partition coefficient (Wildman–Crippen LogP) is 3.31. The Kier molecular flexibility index (Phi) is 5.83. The van der Waals surface area contributed by atoms with Crippen molar-refractivity contribution in [2.75, 3.05) is 11.9 Å². The molecular weight excluding hydrogens is 443 g/mol. The van der Waals surface area contributed by atoms with Crippen LogP contribution in [0.5, 0.6) is 0 Å². The fourth-order valence-electron chi connectivity index (χ4n) is 4.87. The number of imide groups is 1. The molecule has 1 saturated carbocycles. The van der Waals surface area contributed by atoms with E-state index in [1.165, 1.54) is 12.1 Å². The second-order valence-electron chi connectivity index (χ2n) is 8.52. The number of ether oxygens (including phenoxy) is 1. The van der Waals surface area contributed by atoms with Gasteiger partial charge in [-0.1, -0.05) is 49.2 Å². The first-order chi connectivity index (χ1) is 14.7. The Morgan fingerprint density at radius 2 is 1.71 bits per heavy atom. The number of nitrogens with one attached hydrogen (secondary N) is 1. The van der Waals surface area contributed by atoms with Crippen molar-refractivity contribution in [2.24, 2.45) is 29.6 Å². The SMILES string of the molecule is CC(C)[C@H](C(=O)OCC(=O)Nc1ccc(Cl)c(Cl)c1)N1C(=O)[C@@H]2[C@H](C1=O)[C@H]1C=C[C@H]2C1. The third-order valence-corrected chi connectivity index (χ3v) is 6.94. The van der Waals surface area contributed by atoms with Gasteiger partial charge in [0.2, 0.25) is 11.8 Å². The van der Waals surface area contributed by atoms with Crippen molar-refractivity contribution in [2.45, 2.75) is 26.3 Å². The first kappa shape index (κ1) is 21.8.